The van der Waals surface area contributed by atoms with Gasteiger partial charge in [0.2, 0.25) is 5.91 Å². The maximum absolute atomic E-state index is 12.2. The normalized spacial score (nSPS) is 11.7. The van der Waals surface area contributed by atoms with E-state index in [0.29, 0.717) is 17.4 Å². The van der Waals surface area contributed by atoms with E-state index in [1.807, 2.05) is 6.92 Å². The third-order valence-corrected chi connectivity index (χ3v) is 4.06. The van der Waals surface area contributed by atoms with Gasteiger partial charge in [-0.15, -0.1) is 0 Å². The molecule has 0 unspecified atom stereocenters. The van der Waals surface area contributed by atoms with E-state index in [1.165, 1.54) is 12.5 Å². The van der Waals surface area contributed by atoms with E-state index in [1.54, 1.807) is 24.3 Å². The Balaban J connectivity index is 1.89. The Hall–Kier alpha value is -2.82. The van der Waals surface area contributed by atoms with Gasteiger partial charge in [0, 0.05) is 6.92 Å². The highest BCUT2D eigenvalue weighted by atomic mass is 16.5. The number of rotatable bonds is 8. The van der Waals surface area contributed by atoms with Gasteiger partial charge < -0.3 is 15.4 Å². The minimum absolute atomic E-state index is 0.111. The standard InChI is InChI=1S/C22H28N2O3/c1-15(2)13-18-9-11-19(12-10-18)16(3)23-22(26)14-27-21-8-6-5-7-20(21)24-17(4)25/h5-12,15-16H,13-14H2,1-4H3,(H,23,26)(H,24,25)/t16-/m0/s1. The van der Waals surface area contributed by atoms with Crippen LogP contribution in [0.15, 0.2) is 48.5 Å². The highest BCUT2D eigenvalue weighted by Gasteiger charge is 2.12. The fourth-order valence-electron chi connectivity index (χ4n) is 2.81. The number of para-hydroxylation sites is 2. The first-order chi connectivity index (χ1) is 12.8. The second-order valence-corrected chi connectivity index (χ2v) is 7.09. The Morgan fingerprint density at radius 1 is 1.00 bits per heavy atom. The molecule has 2 N–H and O–H groups in total. The van der Waals surface area contributed by atoms with Crippen molar-refractivity contribution in [3.05, 3.63) is 59.7 Å². The average Bonchev–Trinajstić information content (AvgIpc) is 2.60. The minimum atomic E-state index is -0.216. The Morgan fingerprint density at radius 2 is 1.67 bits per heavy atom. The van der Waals surface area contributed by atoms with Crippen molar-refractivity contribution in [2.24, 2.45) is 5.92 Å². The van der Waals surface area contributed by atoms with E-state index in [2.05, 4.69) is 48.7 Å². The van der Waals surface area contributed by atoms with Crippen molar-refractivity contribution in [2.45, 2.75) is 40.2 Å². The third-order valence-electron chi connectivity index (χ3n) is 4.06. The van der Waals surface area contributed by atoms with Gasteiger partial charge in [0.15, 0.2) is 6.61 Å². The fourth-order valence-corrected chi connectivity index (χ4v) is 2.81. The van der Waals surface area contributed by atoms with E-state index < -0.39 is 0 Å². The fraction of sp³-hybridized carbons (Fsp3) is 0.364. The van der Waals surface area contributed by atoms with Crippen LogP contribution in [0.4, 0.5) is 5.69 Å². The zero-order valence-electron chi connectivity index (χ0n) is 16.4. The Morgan fingerprint density at radius 3 is 2.30 bits per heavy atom. The lowest BCUT2D eigenvalue weighted by molar-refractivity contribution is -0.123. The first-order valence-corrected chi connectivity index (χ1v) is 9.22. The van der Waals surface area contributed by atoms with Crippen molar-refractivity contribution in [3.63, 3.8) is 0 Å². The molecule has 2 rings (SSSR count). The molecule has 2 aromatic rings. The van der Waals surface area contributed by atoms with Crippen molar-refractivity contribution < 1.29 is 14.3 Å². The van der Waals surface area contributed by atoms with Crippen molar-refractivity contribution in [1.29, 1.82) is 0 Å². The lowest BCUT2D eigenvalue weighted by Gasteiger charge is -2.16. The highest BCUT2D eigenvalue weighted by molar-refractivity contribution is 5.90. The molecule has 0 radical (unpaired) electrons. The molecule has 0 aliphatic carbocycles. The molecule has 0 heterocycles. The molecule has 5 nitrogen and oxygen atoms in total. The quantitative estimate of drug-likeness (QED) is 0.737. The Kier molecular flexibility index (Phi) is 7.41. The van der Waals surface area contributed by atoms with Gasteiger partial charge in [0.1, 0.15) is 5.75 Å². The number of benzene rings is 2. The smallest absolute Gasteiger partial charge is 0.258 e. The van der Waals surface area contributed by atoms with Crippen LogP contribution in [0.5, 0.6) is 5.75 Å². The lowest BCUT2D eigenvalue weighted by Crippen LogP contribution is -2.31. The molecule has 0 aliphatic rings. The molecule has 5 heteroatoms. The number of anilines is 1. The molecule has 2 aromatic carbocycles. The molecule has 0 aliphatic heterocycles. The van der Waals surface area contributed by atoms with Crippen LogP contribution in [0.2, 0.25) is 0 Å². The number of hydrogen-bond acceptors (Lipinski definition) is 3. The molecular formula is C22H28N2O3. The summed E-state index contributed by atoms with van der Waals surface area (Å²) < 4.78 is 5.57. The second kappa shape index (κ2) is 9.76. The SMILES string of the molecule is CC(=O)Nc1ccccc1OCC(=O)N[C@@H](C)c1ccc(CC(C)C)cc1. The Labute approximate surface area is 161 Å². The summed E-state index contributed by atoms with van der Waals surface area (Å²) in [5.74, 6) is 0.676. The van der Waals surface area contributed by atoms with Crippen molar-refractivity contribution in [2.75, 3.05) is 11.9 Å². The van der Waals surface area contributed by atoms with Gasteiger partial charge in [-0.2, -0.15) is 0 Å². The lowest BCUT2D eigenvalue weighted by atomic mass is 10.00. The molecule has 2 amide bonds. The molecule has 144 valence electrons. The third kappa shape index (κ3) is 6.77. The van der Waals surface area contributed by atoms with E-state index in [4.69, 9.17) is 4.74 Å². The topological polar surface area (TPSA) is 67.4 Å². The highest BCUT2D eigenvalue weighted by Crippen LogP contribution is 2.23. The zero-order chi connectivity index (χ0) is 19.8. The van der Waals surface area contributed by atoms with E-state index in [-0.39, 0.29) is 24.5 Å². The zero-order valence-corrected chi connectivity index (χ0v) is 16.4. The Bertz CT molecular complexity index is 769. The second-order valence-electron chi connectivity index (χ2n) is 7.09. The molecule has 0 aromatic heterocycles. The largest absolute Gasteiger partial charge is 0.482 e. The summed E-state index contributed by atoms with van der Waals surface area (Å²) in [4.78, 5) is 23.5. The van der Waals surface area contributed by atoms with Gasteiger partial charge in [-0.1, -0.05) is 50.2 Å². The van der Waals surface area contributed by atoms with Gasteiger partial charge in [-0.3, -0.25) is 9.59 Å². The van der Waals surface area contributed by atoms with Crippen LogP contribution in [0, 0.1) is 5.92 Å². The molecule has 1 atom stereocenters. The van der Waals surface area contributed by atoms with Crippen molar-refractivity contribution >= 4 is 17.5 Å². The first kappa shape index (κ1) is 20.5. The first-order valence-electron chi connectivity index (χ1n) is 9.22. The maximum atomic E-state index is 12.2. The average molecular weight is 368 g/mol. The number of ether oxygens (including phenoxy) is 1. The van der Waals surface area contributed by atoms with E-state index in [0.717, 1.165) is 12.0 Å². The predicted molar refractivity (Wildman–Crippen MR) is 108 cm³/mol. The van der Waals surface area contributed by atoms with Crippen LogP contribution in [0.1, 0.15) is 44.9 Å². The molecular weight excluding hydrogens is 340 g/mol. The number of carbonyl (C=O) groups is 2. The number of carbonyl (C=O) groups excluding carboxylic acids is 2. The van der Waals surface area contributed by atoms with E-state index >= 15 is 0 Å². The predicted octanol–water partition coefficient (Wildman–Crippen LogP) is 4.10. The van der Waals surface area contributed by atoms with Crippen LogP contribution in [-0.2, 0) is 16.0 Å². The van der Waals surface area contributed by atoms with Gasteiger partial charge in [-0.05, 0) is 42.5 Å². The molecule has 0 bridgehead atoms. The maximum Gasteiger partial charge on any atom is 0.258 e. The molecule has 0 fully saturated rings. The van der Waals surface area contributed by atoms with Crippen molar-refractivity contribution in [3.8, 4) is 5.75 Å². The minimum Gasteiger partial charge on any atom is -0.482 e. The number of nitrogens with one attached hydrogen (secondary N) is 2. The summed E-state index contributed by atoms with van der Waals surface area (Å²) >= 11 is 0. The molecule has 0 spiro atoms. The van der Waals surface area contributed by atoms with Gasteiger partial charge in [-0.25, -0.2) is 0 Å². The van der Waals surface area contributed by atoms with Crippen LogP contribution < -0.4 is 15.4 Å². The molecule has 0 saturated heterocycles. The van der Waals surface area contributed by atoms with Gasteiger partial charge in [0.05, 0.1) is 11.7 Å². The molecule has 0 saturated carbocycles. The summed E-state index contributed by atoms with van der Waals surface area (Å²) in [6, 6.07) is 15.2. The summed E-state index contributed by atoms with van der Waals surface area (Å²) in [6.07, 6.45) is 1.04. The van der Waals surface area contributed by atoms with Gasteiger partial charge in [0.25, 0.3) is 5.91 Å². The van der Waals surface area contributed by atoms with Crippen LogP contribution in [-0.4, -0.2) is 18.4 Å². The molecule has 27 heavy (non-hydrogen) atoms. The van der Waals surface area contributed by atoms with Crippen LogP contribution in [0.25, 0.3) is 0 Å². The summed E-state index contributed by atoms with van der Waals surface area (Å²) in [5, 5.41) is 5.62. The van der Waals surface area contributed by atoms with Crippen LogP contribution in [0.3, 0.4) is 0 Å². The summed E-state index contributed by atoms with van der Waals surface area (Å²) in [6.45, 7) is 7.65. The number of amides is 2. The monoisotopic (exact) mass is 368 g/mol. The summed E-state index contributed by atoms with van der Waals surface area (Å²) in [5.41, 5.74) is 2.89. The van der Waals surface area contributed by atoms with E-state index in [9.17, 15) is 9.59 Å². The number of hydrogen-bond donors (Lipinski definition) is 2. The van der Waals surface area contributed by atoms with Crippen molar-refractivity contribution in [1.82, 2.24) is 5.32 Å². The van der Waals surface area contributed by atoms with Crippen LogP contribution >= 0.6 is 0 Å². The van der Waals surface area contributed by atoms with Gasteiger partial charge >= 0.3 is 0 Å². The summed E-state index contributed by atoms with van der Waals surface area (Å²) in [7, 11) is 0.